The molecule has 0 fully saturated rings. The molecule has 1 nitrogen and oxygen atoms in total. The number of thiophene rings is 2. The van der Waals surface area contributed by atoms with Gasteiger partial charge in [0, 0.05) is 47.0 Å². The Morgan fingerprint density at radius 1 is 0.520 bits per heavy atom. The van der Waals surface area contributed by atoms with E-state index in [1.165, 1.54) is 86.0 Å². The van der Waals surface area contributed by atoms with Crippen molar-refractivity contribution < 1.29 is 0 Å². The Morgan fingerprint density at radius 2 is 1.18 bits per heavy atom. The minimum absolute atomic E-state index is 0.101. The van der Waals surface area contributed by atoms with Crippen LogP contribution in [-0.4, -0.2) is 0 Å². The Hall–Kier alpha value is -4.44. The van der Waals surface area contributed by atoms with E-state index in [0.29, 0.717) is 0 Å². The van der Waals surface area contributed by atoms with Gasteiger partial charge in [-0.15, -0.1) is 22.7 Å². The van der Waals surface area contributed by atoms with E-state index in [0.717, 1.165) is 5.69 Å². The second-order valence-electron chi connectivity index (χ2n) is 16.6. The summed E-state index contributed by atoms with van der Waals surface area (Å²) in [5, 5.41) is 5.37. The van der Waals surface area contributed by atoms with Crippen LogP contribution < -0.4 is 4.90 Å². The van der Waals surface area contributed by atoms with Gasteiger partial charge in [-0.1, -0.05) is 115 Å². The quantitative estimate of drug-likeness (QED) is 0.178. The highest BCUT2D eigenvalue weighted by molar-refractivity contribution is 7.26. The molecule has 2 heterocycles. The van der Waals surface area contributed by atoms with Gasteiger partial charge in [-0.3, -0.25) is 0 Å². The van der Waals surface area contributed by atoms with Gasteiger partial charge >= 0.3 is 0 Å². The second-order valence-corrected chi connectivity index (χ2v) is 18.7. The fraction of sp³-hybridized carbons (Fsp3) is 0.234. The van der Waals surface area contributed by atoms with Crippen LogP contribution in [0.15, 0.2) is 121 Å². The lowest BCUT2D eigenvalue weighted by atomic mass is 9.82. The van der Waals surface area contributed by atoms with E-state index in [-0.39, 0.29) is 16.2 Å². The van der Waals surface area contributed by atoms with Crippen LogP contribution in [0.25, 0.3) is 51.5 Å². The van der Waals surface area contributed by atoms with Crippen LogP contribution >= 0.6 is 22.7 Å². The molecule has 50 heavy (non-hydrogen) atoms. The third-order valence-corrected chi connectivity index (χ3v) is 13.3. The van der Waals surface area contributed by atoms with Crippen LogP contribution in [-0.2, 0) is 16.2 Å². The highest BCUT2D eigenvalue weighted by Gasteiger charge is 2.42. The van der Waals surface area contributed by atoms with Gasteiger partial charge in [0.15, 0.2) is 0 Å². The molecule has 0 spiro atoms. The third kappa shape index (κ3) is 5.00. The minimum atomic E-state index is 0.101. The summed E-state index contributed by atoms with van der Waals surface area (Å²) in [5.74, 6) is 0. The molecule has 0 N–H and O–H groups in total. The summed E-state index contributed by atoms with van der Waals surface area (Å²) in [7, 11) is 0. The molecule has 9 rings (SSSR count). The fourth-order valence-corrected chi connectivity index (χ4v) is 11.0. The van der Waals surface area contributed by atoms with Gasteiger partial charge in [-0.25, -0.2) is 0 Å². The first kappa shape index (κ1) is 31.5. The molecular formula is C47H43NS2. The molecule has 0 atom stereocenters. The summed E-state index contributed by atoms with van der Waals surface area (Å²) in [5.41, 5.74) is 10.9. The predicted octanol–water partition coefficient (Wildman–Crippen LogP) is 14.8. The van der Waals surface area contributed by atoms with E-state index < -0.39 is 0 Å². The van der Waals surface area contributed by atoms with Gasteiger partial charge in [0.05, 0.1) is 10.4 Å². The summed E-state index contributed by atoms with van der Waals surface area (Å²) < 4.78 is 5.40. The van der Waals surface area contributed by atoms with E-state index >= 15 is 0 Å². The Bertz CT molecular complexity index is 2590. The molecule has 2 aromatic heterocycles. The average Bonchev–Trinajstić information content (AvgIpc) is 3.71. The maximum atomic E-state index is 2.53. The number of anilines is 3. The molecule has 248 valence electrons. The van der Waals surface area contributed by atoms with Crippen molar-refractivity contribution in [3.05, 3.63) is 138 Å². The molecule has 0 unspecified atom stereocenters. The summed E-state index contributed by atoms with van der Waals surface area (Å²) >= 11 is 3.85. The average molecular weight is 686 g/mol. The van der Waals surface area contributed by atoms with Crippen molar-refractivity contribution in [3.8, 4) is 11.1 Å². The molecule has 0 radical (unpaired) electrons. The monoisotopic (exact) mass is 685 g/mol. The summed E-state index contributed by atoms with van der Waals surface area (Å²) in [6.45, 7) is 16.6. The van der Waals surface area contributed by atoms with Gasteiger partial charge in [-0.05, 0) is 105 Å². The van der Waals surface area contributed by atoms with Crippen molar-refractivity contribution in [3.63, 3.8) is 0 Å². The molecule has 8 aromatic rings. The molecule has 1 aliphatic rings. The zero-order chi connectivity index (χ0) is 34.6. The number of hydrogen-bond acceptors (Lipinski definition) is 3. The number of benzene rings is 6. The third-order valence-electron chi connectivity index (χ3n) is 11.0. The molecule has 3 heteroatoms. The highest BCUT2D eigenvalue weighted by atomic mass is 32.1. The SMILES string of the molecule is CC(C)(C)c1ccc2c(c1)sc1c(N(c3ccc(-c4ccccc4)cc3)c3ccc4sc5cc6c(cc5c4c3)C(C)(C)CC6(C)C)cccc12. The fourth-order valence-electron chi connectivity index (χ4n) is 8.65. The predicted molar refractivity (Wildman–Crippen MR) is 222 cm³/mol. The lowest BCUT2D eigenvalue weighted by Crippen LogP contribution is -2.17. The smallest absolute Gasteiger partial charge is 0.0640 e. The molecule has 0 saturated carbocycles. The topological polar surface area (TPSA) is 3.24 Å². The van der Waals surface area contributed by atoms with Gasteiger partial charge < -0.3 is 4.90 Å². The van der Waals surface area contributed by atoms with E-state index in [4.69, 9.17) is 0 Å². The lowest BCUT2D eigenvalue weighted by Gasteiger charge is -2.26. The van der Waals surface area contributed by atoms with Crippen LogP contribution in [0, 0.1) is 0 Å². The van der Waals surface area contributed by atoms with Gasteiger partial charge in [-0.2, -0.15) is 0 Å². The Balaban J connectivity index is 1.26. The number of fused-ring (bicyclic) bond motifs is 7. The van der Waals surface area contributed by atoms with Crippen molar-refractivity contribution in [1.82, 2.24) is 0 Å². The Labute approximate surface area is 303 Å². The van der Waals surface area contributed by atoms with Crippen molar-refractivity contribution in [2.75, 3.05) is 4.90 Å². The lowest BCUT2D eigenvalue weighted by molar-refractivity contribution is 0.403. The van der Waals surface area contributed by atoms with E-state index in [1.54, 1.807) is 0 Å². The summed E-state index contributed by atoms with van der Waals surface area (Å²) in [6, 6.07) is 45.9. The number of rotatable bonds is 4. The summed E-state index contributed by atoms with van der Waals surface area (Å²) in [4.78, 5) is 2.49. The molecular weight excluding hydrogens is 643 g/mol. The van der Waals surface area contributed by atoms with E-state index in [9.17, 15) is 0 Å². The molecule has 0 saturated heterocycles. The molecule has 6 aromatic carbocycles. The second kappa shape index (κ2) is 11.0. The van der Waals surface area contributed by atoms with Crippen LogP contribution in [0.4, 0.5) is 17.1 Å². The standard InChI is InChI=1S/C47H43NS2/c1-45(2,3)31-18-22-34-35-14-11-15-40(44(35)50-42(34)24-31)48(32-19-16-30(17-20-32)29-12-9-8-10-13-29)33-21-23-41-36(25-33)37-26-38-39(27-43(37)49-41)47(6,7)28-46(38,4)5/h8-27H,28H2,1-7H3. The van der Waals surface area contributed by atoms with Gasteiger partial charge in [0.1, 0.15) is 0 Å². The van der Waals surface area contributed by atoms with Gasteiger partial charge in [0.2, 0.25) is 0 Å². The van der Waals surface area contributed by atoms with Crippen molar-refractivity contribution in [1.29, 1.82) is 0 Å². The zero-order valence-electron chi connectivity index (χ0n) is 30.0. The van der Waals surface area contributed by atoms with Crippen LogP contribution in [0.3, 0.4) is 0 Å². The largest absolute Gasteiger partial charge is 0.309 e. The first-order chi connectivity index (χ1) is 23.9. The molecule has 0 aliphatic heterocycles. The first-order valence-corrected chi connectivity index (χ1v) is 19.4. The van der Waals surface area contributed by atoms with E-state index in [2.05, 4.69) is 175 Å². The normalized spacial score (nSPS) is 15.3. The Morgan fingerprint density at radius 3 is 1.92 bits per heavy atom. The van der Waals surface area contributed by atoms with Crippen molar-refractivity contribution in [2.45, 2.75) is 71.1 Å². The highest BCUT2D eigenvalue weighted by Crippen LogP contribution is 2.53. The molecule has 0 bridgehead atoms. The van der Waals surface area contributed by atoms with Crippen molar-refractivity contribution in [2.24, 2.45) is 0 Å². The minimum Gasteiger partial charge on any atom is -0.309 e. The number of nitrogens with zero attached hydrogens (tertiary/aromatic N) is 1. The first-order valence-electron chi connectivity index (χ1n) is 17.8. The molecule has 0 amide bonds. The van der Waals surface area contributed by atoms with Gasteiger partial charge in [0.25, 0.3) is 0 Å². The maximum absolute atomic E-state index is 2.53. The zero-order valence-corrected chi connectivity index (χ0v) is 31.7. The summed E-state index contributed by atoms with van der Waals surface area (Å²) in [6.07, 6.45) is 1.18. The van der Waals surface area contributed by atoms with Crippen molar-refractivity contribution >= 4 is 80.1 Å². The van der Waals surface area contributed by atoms with Crippen LogP contribution in [0.5, 0.6) is 0 Å². The maximum Gasteiger partial charge on any atom is 0.0640 e. The number of hydrogen-bond donors (Lipinski definition) is 0. The van der Waals surface area contributed by atoms with E-state index in [1.807, 2.05) is 22.7 Å². The molecule has 1 aliphatic carbocycles. The Kier molecular flexibility index (Phi) is 6.96. The van der Waals surface area contributed by atoms with Crippen LogP contribution in [0.1, 0.15) is 71.6 Å². The van der Waals surface area contributed by atoms with Crippen LogP contribution in [0.2, 0.25) is 0 Å².